The average molecular weight is 262 g/mol. The molecule has 0 aliphatic rings. The standard InChI is InChI=1S/C9H18N4O3S/c1-6(16-3)5-11-17(14,15)9-8(4-10)7(2)12-13-9/h6,11H,4-5,10H2,1-3H3,(H,12,13). The number of aryl methyl sites for hydroxylation is 1. The van der Waals surface area contributed by atoms with Gasteiger partial charge in [-0.25, -0.2) is 13.1 Å². The molecule has 1 unspecified atom stereocenters. The maximum Gasteiger partial charge on any atom is 0.260 e. The van der Waals surface area contributed by atoms with Gasteiger partial charge in [0.2, 0.25) is 0 Å². The van der Waals surface area contributed by atoms with Crippen molar-refractivity contribution in [2.75, 3.05) is 13.7 Å². The van der Waals surface area contributed by atoms with E-state index in [1.807, 2.05) is 0 Å². The number of aromatic amines is 1. The second kappa shape index (κ2) is 5.58. The quantitative estimate of drug-likeness (QED) is 0.639. The minimum absolute atomic E-state index is 0.0409. The predicted octanol–water partition coefficient (Wildman–Crippen LogP) is -0.510. The fourth-order valence-corrected chi connectivity index (χ4v) is 2.59. The molecule has 0 aromatic carbocycles. The van der Waals surface area contributed by atoms with E-state index >= 15 is 0 Å². The summed E-state index contributed by atoms with van der Waals surface area (Å²) in [5.41, 5.74) is 6.66. The number of rotatable bonds is 6. The summed E-state index contributed by atoms with van der Waals surface area (Å²) in [6, 6.07) is 0. The first-order valence-corrected chi connectivity index (χ1v) is 6.67. The van der Waals surface area contributed by atoms with Crippen molar-refractivity contribution in [3.63, 3.8) is 0 Å². The van der Waals surface area contributed by atoms with E-state index < -0.39 is 10.0 Å². The first-order chi connectivity index (χ1) is 7.92. The van der Waals surface area contributed by atoms with Crippen LogP contribution in [-0.4, -0.2) is 38.4 Å². The van der Waals surface area contributed by atoms with Crippen LogP contribution in [0.25, 0.3) is 0 Å². The lowest BCUT2D eigenvalue weighted by Crippen LogP contribution is -2.32. The Labute approximate surface area is 101 Å². The number of H-pyrrole nitrogens is 1. The molecule has 1 heterocycles. The van der Waals surface area contributed by atoms with Crippen LogP contribution in [0.2, 0.25) is 0 Å². The van der Waals surface area contributed by atoms with Gasteiger partial charge in [-0.1, -0.05) is 0 Å². The Morgan fingerprint density at radius 1 is 1.59 bits per heavy atom. The zero-order valence-corrected chi connectivity index (χ0v) is 11.0. The lowest BCUT2D eigenvalue weighted by molar-refractivity contribution is 0.122. The zero-order valence-electron chi connectivity index (χ0n) is 10.1. The highest BCUT2D eigenvalue weighted by atomic mass is 32.2. The molecule has 7 nitrogen and oxygen atoms in total. The largest absolute Gasteiger partial charge is 0.380 e. The summed E-state index contributed by atoms with van der Waals surface area (Å²) in [4.78, 5) is 0. The van der Waals surface area contributed by atoms with E-state index in [9.17, 15) is 8.42 Å². The Morgan fingerprint density at radius 2 is 2.24 bits per heavy atom. The third-order valence-corrected chi connectivity index (χ3v) is 3.85. The second-order valence-corrected chi connectivity index (χ2v) is 5.42. The highest BCUT2D eigenvalue weighted by Gasteiger charge is 2.23. The van der Waals surface area contributed by atoms with Gasteiger partial charge in [0.05, 0.1) is 6.10 Å². The molecular weight excluding hydrogens is 244 g/mol. The molecule has 1 aromatic rings. The Bertz CT molecular complexity index is 469. The van der Waals surface area contributed by atoms with Crippen LogP contribution in [0, 0.1) is 6.92 Å². The molecule has 0 amide bonds. The summed E-state index contributed by atoms with van der Waals surface area (Å²) in [5.74, 6) is 0. The van der Waals surface area contributed by atoms with Crippen molar-refractivity contribution in [2.45, 2.75) is 31.5 Å². The number of nitrogens with one attached hydrogen (secondary N) is 2. The Hall–Kier alpha value is -0.960. The number of ether oxygens (including phenoxy) is 1. The highest BCUT2D eigenvalue weighted by molar-refractivity contribution is 7.89. The first-order valence-electron chi connectivity index (χ1n) is 5.18. The topological polar surface area (TPSA) is 110 Å². The van der Waals surface area contributed by atoms with E-state index in [0.29, 0.717) is 11.3 Å². The smallest absolute Gasteiger partial charge is 0.260 e. The number of methoxy groups -OCH3 is 1. The van der Waals surface area contributed by atoms with Gasteiger partial charge in [0.25, 0.3) is 10.0 Å². The van der Waals surface area contributed by atoms with Gasteiger partial charge in [-0.05, 0) is 13.8 Å². The molecule has 0 saturated carbocycles. The molecule has 1 rings (SSSR count). The van der Waals surface area contributed by atoms with Crippen LogP contribution in [-0.2, 0) is 21.3 Å². The molecule has 0 saturated heterocycles. The van der Waals surface area contributed by atoms with E-state index in [4.69, 9.17) is 10.5 Å². The maximum absolute atomic E-state index is 11.9. The molecule has 98 valence electrons. The molecule has 0 radical (unpaired) electrons. The van der Waals surface area contributed by atoms with Gasteiger partial charge >= 0.3 is 0 Å². The molecular formula is C9H18N4O3S. The third kappa shape index (κ3) is 3.25. The van der Waals surface area contributed by atoms with E-state index in [0.717, 1.165) is 0 Å². The molecule has 0 aliphatic carbocycles. The normalized spacial score (nSPS) is 13.9. The molecule has 0 aliphatic heterocycles. The third-order valence-electron chi connectivity index (χ3n) is 2.46. The van der Waals surface area contributed by atoms with E-state index in [1.54, 1.807) is 13.8 Å². The Balaban J connectivity index is 2.90. The lowest BCUT2D eigenvalue weighted by Gasteiger charge is -2.10. The molecule has 1 aromatic heterocycles. The van der Waals surface area contributed by atoms with E-state index in [1.165, 1.54) is 7.11 Å². The summed E-state index contributed by atoms with van der Waals surface area (Å²) in [7, 11) is -2.12. The van der Waals surface area contributed by atoms with E-state index in [2.05, 4.69) is 14.9 Å². The fourth-order valence-electron chi connectivity index (χ4n) is 1.27. The van der Waals surface area contributed by atoms with Crippen molar-refractivity contribution in [1.29, 1.82) is 0 Å². The van der Waals surface area contributed by atoms with Crippen molar-refractivity contribution >= 4 is 10.0 Å². The minimum atomic E-state index is -3.64. The molecule has 1 atom stereocenters. The van der Waals surface area contributed by atoms with Crippen LogP contribution in [0.1, 0.15) is 18.2 Å². The van der Waals surface area contributed by atoms with Crippen LogP contribution in [0.15, 0.2) is 5.03 Å². The maximum atomic E-state index is 11.9. The van der Waals surface area contributed by atoms with Crippen molar-refractivity contribution in [3.8, 4) is 0 Å². The molecule has 0 spiro atoms. The number of sulfonamides is 1. The number of hydrogen-bond acceptors (Lipinski definition) is 5. The van der Waals surface area contributed by atoms with E-state index in [-0.39, 0.29) is 24.2 Å². The predicted molar refractivity (Wildman–Crippen MR) is 62.9 cm³/mol. The number of hydrogen-bond donors (Lipinski definition) is 3. The summed E-state index contributed by atoms with van der Waals surface area (Å²) < 4.78 is 31.3. The van der Waals surface area contributed by atoms with Crippen molar-refractivity contribution in [2.24, 2.45) is 5.73 Å². The van der Waals surface area contributed by atoms with Crippen molar-refractivity contribution in [1.82, 2.24) is 14.9 Å². The van der Waals surface area contributed by atoms with Gasteiger partial charge in [-0.3, -0.25) is 5.10 Å². The molecule has 8 heteroatoms. The highest BCUT2D eigenvalue weighted by Crippen LogP contribution is 2.14. The minimum Gasteiger partial charge on any atom is -0.380 e. The van der Waals surface area contributed by atoms with Crippen LogP contribution >= 0.6 is 0 Å². The lowest BCUT2D eigenvalue weighted by atomic mass is 10.3. The zero-order chi connectivity index (χ0) is 13.1. The van der Waals surface area contributed by atoms with Gasteiger partial charge in [0.15, 0.2) is 5.03 Å². The molecule has 4 N–H and O–H groups in total. The average Bonchev–Trinajstić information content (AvgIpc) is 2.68. The first kappa shape index (κ1) is 14.1. The van der Waals surface area contributed by atoms with Gasteiger partial charge in [-0.2, -0.15) is 5.10 Å². The fraction of sp³-hybridized carbons (Fsp3) is 0.667. The summed E-state index contributed by atoms with van der Waals surface area (Å²) in [5, 5.41) is 6.34. The van der Waals surface area contributed by atoms with Gasteiger partial charge < -0.3 is 10.5 Å². The van der Waals surface area contributed by atoms with Crippen LogP contribution in [0.5, 0.6) is 0 Å². The second-order valence-electron chi connectivity index (χ2n) is 3.73. The van der Waals surface area contributed by atoms with Crippen LogP contribution in [0.3, 0.4) is 0 Å². The van der Waals surface area contributed by atoms with Crippen molar-refractivity contribution < 1.29 is 13.2 Å². The van der Waals surface area contributed by atoms with Gasteiger partial charge in [0, 0.05) is 31.5 Å². The molecule has 17 heavy (non-hydrogen) atoms. The summed E-state index contributed by atoms with van der Waals surface area (Å²) >= 11 is 0. The van der Waals surface area contributed by atoms with Gasteiger partial charge in [-0.15, -0.1) is 0 Å². The molecule has 0 fully saturated rings. The summed E-state index contributed by atoms with van der Waals surface area (Å²) in [6.07, 6.45) is -0.203. The number of aromatic nitrogens is 2. The summed E-state index contributed by atoms with van der Waals surface area (Å²) in [6.45, 7) is 3.81. The SMILES string of the molecule is COC(C)CNS(=O)(=O)c1n[nH]c(C)c1CN. The number of nitrogens with zero attached hydrogens (tertiary/aromatic N) is 1. The molecule has 0 bridgehead atoms. The van der Waals surface area contributed by atoms with Crippen molar-refractivity contribution in [3.05, 3.63) is 11.3 Å². The van der Waals surface area contributed by atoms with Crippen LogP contribution in [0.4, 0.5) is 0 Å². The van der Waals surface area contributed by atoms with Crippen LogP contribution < -0.4 is 10.5 Å². The Kier molecular flexibility index (Phi) is 4.63. The van der Waals surface area contributed by atoms with Gasteiger partial charge in [0.1, 0.15) is 0 Å². The number of nitrogens with two attached hydrogens (primary N) is 1. The Morgan fingerprint density at radius 3 is 2.76 bits per heavy atom. The monoisotopic (exact) mass is 262 g/mol.